The Labute approximate surface area is 122 Å². The molecule has 0 saturated heterocycles. The van der Waals surface area contributed by atoms with Gasteiger partial charge in [-0.1, -0.05) is 0 Å². The molecule has 122 valence electrons. The topological polar surface area (TPSA) is 113 Å². The maximum atomic E-state index is 12.7. The first kappa shape index (κ1) is 17.7. The van der Waals surface area contributed by atoms with Crippen molar-refractivity contribution in [3.63, 3.8) is 0 Å². The van der Waals surface area contributed by atoms with Crippen molar-refractivity contribution in [2.45, 2.75) is 25.6 Å². The van der Waals surface area contributed by atoms with Gasteiger partial charge in [0.2, 0.25) is 0 Å². The van der Waals surface area contributed by atoms with Crippen molar-refractivity contribution in [1.82, 2.24) is 0 Å². The summed E-state index contributed by atoms with van der Waals surface area (Å²) in [6, 6.07) is 1.26. The van der Waals surface area contributed by atoms with Crippen LogP contribution in [0.25, 0.3) is 0 Å². The Kier molecular flexibility index (Phi) is 4.66. The van der Waals surface area contributed by atoms with E-state index in [1.54, 1.807) is 0 Å². The molecule has 1 unspecified atom stereocenters. The number of hydrogen-bond acceptors (Lipinski definition) is 5. The number of rotatable bonds is 5. The molecule has 0 radical (unpaired) electrons. The second-order valence-electron chi connectivity index (χ2n) is 4.87. The van der Waals surface area contributed by atoms with E-state index in [4.69, 9.17) is 5.11 Å². The number of aliphatic hydroxyl groups is 1. The first-order valence-corrected chi connectivity index (χ1v) is 5.92. The van der Waals surface area contributed by atoms with Crippen LogP contribution in [0.4, 0.5) is 24.5 Å². The van der Waals surface area contributed by atoms with E-state index in [2.05, 4.69) is 5.32 Å². The lowest BCUT2D eigenvalue weighted by Crippen LogP contribution is -2.41. The van der Waals surface area contributed by atoms with E-state index in [-0.39, 0.29) is 11.3 Å². The molecule has 1 atom stereocenters. The molecule has 0 aliphatic heterocycles. The van der Waals surface area contributed by atoms with Gasteiger partial charge in [-0.2, -0.15) is 13.2 Å². The highest BCUT2D eigenvalue weighted by Gasteiger charge is 2.36. The lowest BCUT2D eigenvalue weighted by atomic mass is 10.0. The standard InChI is InChI=1S/C12H13F3N2O5/c1-6-3-8(16-5-11(2,20)10(18)19)9(17(21)22)4-7(6)12(13,14)15/h3-4,16,20H,5H2,1-2H3,(H,18,19). The van der Waals surface area contributed by atoms with E-state index in [9.17, 15) is 33.2 Å². The van der Waals surface area contributed by atoms with E-state index >= 15 is 0 Å². The van der Waals surface area contributed by atoms with Crippen molar-refractivity contribution in [3.8, 4) is 0 Å². The summed E-state index contributed by atoms with van der Waals surface area (Å²) < 4.78 is 38.2. The predicted molar refractivity (Wildman–Crippen MR) is 69.6 cm³/mol. The smallest absolute Gasteiger partial charge is 0.416 e. The molecule has 0 bridgehead atoms. The van der Waals surface area contributed by atoms with Crippen LogP contribution < -0.4 is 5.32 Å². The summed E-state index contributed by atoms with van der Waals surface area (Å²) >= 11 is 0. The van der Waals surface area contributed by atoms with Gasteiger partial charge in [0.15, 0.2) is 5.60 Å². The highest BCUT2D eigenvalue weighted by Crippen LogP contribution is 2.37. The third kappa shape index (κ3) is 3.85. The molecular formula is C12H13F3N2O5. The van der Waals surface area contributed by atoms with Gasteiger partial charge in [0.25, 0.3) is 5.69 Å². The van der Waals surface area contributed by atoms with Crippen LogP contribution in [-0.4, -0.2) is 33.3 Å². The number of aliphatic carboxylic acids is 1. The monoisotopic (exact) mass is 322 g/mol. The Morgan fingerprint density at radius 3 is 2.36 bits per heavy atom. The molecule has 0 aliphatic carbocycles. The molecule has 1 aromatic rings. The van der Waals surface area contributed by atoms with Gasteiger partial charge < -0.3 is 15.5 Å². The van der Waals surface area contributed by atoms with Crippen LogP contribution >= 0.6 is 0 Å². The molecule has 10 heteroatoms. The van der Waals surface area contributed by atoms with Crippen molar-refractivity contribution >= 4 is 17.3 Å². The van der Waals surface area contributed by atoms with Gasteiger partial charge in [-0.05, 0) is 25.5 Å². The molecule has 0 heterocycles. The lowest BCUT2D eigenvalue weighted by Gasteiger charge is -2.20. The van der Waals surface area contributed by atoms with Crippen molar-refractivity contribution in [1.29, 1.82) is 0 Å². The van der Waals surface area contributed by atoms with E-state index < -0.39 is 40.5 Å². The normalized spacial score (nSPS) is 14.3. The number of carbonyl (C=O) groups is 1. The van der Waals surface area contributed by atoms with Crippen LogP contribution in [0.15, 0.2) is 12.1 Å². The van der Waals surface area contributed by atoms with Crippen LogP contribution in [0.2, 0.25) is 0 Å². The molecule has 0 amide bonds. The minimum Gasteiger partial charge on any atom is -0.479 e. The molecular weight excluding hydrogens is 309 g/mol. The number of nitrogens with one attached hydrogen (secondary N) is 1. The minimum atomic E-state index is -4.75. The molecule has 0 fully saturated rings. The highest BCUT2D eigenvalue weighted by molar-refractivity contribution is 5.78. The molecule has 22 heavy (non-hydrogen) atoms. The van der Waals surface area contributed by atoms with Gasteiger partial charge in [0, 0.05) is 6.07 Å². The maximum absolute atomic E-state index is 12.7. The fourth-order valence-electron chi connectivity index (χ4n) is 1.64. The quantitative estimate of drug-likeness (QED) is 0.565. The number of aryl methyl sites for hydroxylation is 1. The first-order valence-electron chi connectivity index (χ1n) is 5.92. The third-order valence-corrected chi connectivity index (χ3v) is 2.93. The van der Waals surface area contributed by atoms with Crippen LogP contribution in [-0.2, 0) is 11.0 Å². The highest BCUT2D eigenvalue weighted by atomic mass is 19.4. The minimum absolute atomic E-state index is 0.268. The van der Waals surface area contributed by atoms with E-state index in [0.717, 1.165) is 19.9 Å². The van der Waals surface area contributed by atoms with E-state index in [1.165, 1.54) is 0 Å². The Morgan fingerprint density at radius 1 is 1.41 bits per heavy atom. The summed E-state index contributed by atoms with van der Waals surface area (Å²) in [4.78, 5) is 20.6. The van der Waals surface area contributed by atoms with Gasteiger partial charge >= 0.3 is 12.1 Å². The Morgan fingerprint density at radius 2 is 1.95 bits per heavy atom. The fraction of sp³-hybridized carbons (Fsp3) is 0.417. The van der Waals surface area contributed by atoms with Gasteiger partial charge in [-0.3, -0.25) is 10.1 Å². The van der Waals surface area contributed by atoms with Gasteiger partial charge in [0.05, 0.1) is 17.0 Å². The number of carboxylic acids is 1. The van der Waals surface area contributed by atoms with Gasteiger partial charge in [0.1, 0.15) is 5.69 Å². The molecule has 3 N–H and O–H groups in total. The number of halogens is 3. The number of nitrogens with zero attached hydrogens (tertiary/aromatic N) is 1. The average Bonchev–Trinajstić information content (AvgIpc) is 2.34. The molecule has 1 rings (SSSR count). The van der Waals surface area contributed by atoms with Crippen molar-refractivity contribution in [2.75, 3.05) is 11.9 Å². The maximum Gasteiger partial charge on any atom is 0.416 e. The Bertz CT molecular complexity index is 614. The number of anilines is 1. The molecule has 0 aliphatic rings. The molecule has 1 aromatic carbocycles. The second kappa shape index (κ2) is 5.79. The summed E-state index contributed by atoms with van der Waals surface area (Å²) in [6.45, 7) is 1.45. The van der Waals surface area contributed by atoms with E-state index in [0.29, 0.717) is 6.07 Å². The van der Waals surface area contributed by atoms with E-state index in [1.807, 2.05) is 0 Å². The summed E-state index contributed by atoms with van der Waals surface area (Å²) in [5.41, 5.74) is -4.83. The summed E-state index contributed by atoms with van der Waals surface area (Å²) in [7, 11) is 0. The number of nitro groups is 1. The Hall–Kier alpha value is -2.36. The van der Waals surface area contributed by atoms with Crippen molar-refractivity contribution < 1.29 is 33.1 Å². The molecule has 7 nitrogen and oxygen atoms in total. The van der Waals surface area contributed by atoms with Crippen LogP contribution in [0, 0.1) is 17.0 Å². The molecule has 0 spiro atoms. The average molecular weight is 322 g/mol. The summed E-state index contributed by atoms with van der Waals surface area (Å²) in [5, 5.41) is 31.4. The lowest BCUT2D eigenvalue weighted by molar-refractivity contribution is -0.384. The van der Waals surface area contributed by atoms with Gasteiger partial charge in [-0.15, -0.1) is 0 Å². The fourth-order valence-corrected chi connectivity index (χ4v) is 1.64. The number of benzene rings is 1. The molecule has 0 saturated carbocycles. The third-order valence-electron chi connectivity index (χ3n) is 2.93. The predicted octanol–water partition coefficient (Wildman–Crippen LogP) is 2.17. The first-order chi connectivity index (χ1) is 9.86. The number of nitro benzene ring substituents is 1. The number of carboxylic acid groups (broad SMARTS) is 1. The zero-order valence-electron chi connectivity index (χ0n) is 11.6. The largest absolute Gasteiger partial charge is 0.479 e. The Balaban J connectivity index is 3.23. The van der Waals surface area contributed by atoms with Gasteiger partial charge in [-0.25, -0.2) is 4.79 Å². The summed E-state index contributed by atoms with van der Waals surface area (Å²) in [6.07, 6.45) is -4.75. The van der Waals surface area contributed by atoms with Crippen LogP contribution in [0.3, 0.4) is 0 Å². The van der Waals surface area contributed by atoms with Crippen molar-refractivity contribution in [2.24, 2.45) is 0 Å². The zero-order valence-corrected chi connectivity index (χ0v) is 11.6. The second-order valence-corrected chi connectivity index (χ2v) is 4.87. The van der Waals surface area contributed by atoms with Crippen molar-refractivity contribution in [3.05, 3.63) is 33.4 Å². The zero-order chi connectivity index (χ0) is 17.3. The van der Waals surface area contributed by atoms with Crippen LogP contribution in [0.5, 0.6) is 0 Å². The van der Waals surface area contributed by atoms with Crippen LogP contribution in [0.1, 0.15) is 18.1 Å². The number of hydrogen-bond donors (Lipinski definition) is 3. The summed E-state index contributed by atoms with van der Waals surface area (Å²) in [5.74, 6) is -1.58. The SMILES string of the molecule is Cc1cc(NCC(C)(O)C(=O)O)c([N+](=O)[O-])cc1C(F)(F)F. The molecule has 0 aromatic heterocycles. The number of alkyl halides is 3.